The summed E-state index contributed by atoms with van der Waals surface area (Å²) in [5.74, 6) is 1.99. The number of carbonyl (C=O) groups excluding carboxylic acids is 2. The molecule has 0 aliphatic carbocycles. The van der Waals surface area contributed by atoms with Crippen molar-refractivity contribution in [2.45, 2.75) is 32.1 Å². The number of piperidine rings is 1. The van der Waals surface area contributed by atoms with Gasteiger partial charge in [0.15, 0.2) is 11.6 Å². The minimum atomic E-state index is -0.154. The fourth-order valence-corrected chi connectivity index (χ4v) is 3.45. The summed E-state index contributed by atoms with van der Waals surface area (Å²) in [7, 11) is 5.01. The zero-order valence-electron chi connectivity index (χ0n) is 16.9. The second-order valence-corrected chi connectivity index (χ2v) is 7.34. The lowest BCUT2D eigenvalue weighted by Crippen LogP contribution is -2.38. The lowest BCUT2D eigenvalue weighted by atomic mass is 9.96. The van der Waals surface area contributed by atoms with Gasteiger partial charge in [0.2, 0.25) is 5.91 Å². The van der Waals surface area contributed by atoms with Gasteiger partial charge in [-0.15, -0.1) is 0 Å². The van der Waals surface area contributed by atoms with Crippen molar-refractivity contribution in [2.75, 3.05) is 34.3 Å². The zero-order valence-corrected chi connectivity index (χ0v) is 16.9. The van der Waals surface area contributed by atoms with Crippen molar-refractivity contribution in [1.29, 1.82) is 0 Å². The van der Waals surface area contributed by atoms with Gasteiger partial charge in [-0.1, -0.05) is 12.1 Å². The van der Waals surface area contributed by atoms with Crippen LogP contribution in [-0.4, -0.2) is 60.9 Å². The van der Waals surface area contributed by atoms with E-state index >= 15 is 0 Å². The Labute approximate surface area is 165 Å². The predicted molar refractivity (Wildman–Crippen MR) is 105 cm³/mol. The van der Waals surface area contributed by atoms with Gasteiger partial charge in [0.1, 0.15) is 11.5 Å². The van der Waals surface area contributed by atoms with Crippen molar-refractivity contribution < 1.29 is 18.7 Å². The minimum absolute atomic E-state index is 0.110. The molecule has 7 heteroatoms. The Morgan fingerprint density at radius 3 is 2.64 bits per heavy atom. The number of oxazole rings is 1. The second-order valence-electron chi connectivity index (χ2n) is 7.34. The van der Waals surface area contributed by atoms with Gasteiger partial charge < -0.3 is 19.0 Å². The van der Waals surface area contributed by atoms with E-state index in [1.54, 1.807) is 28.1 Å². The maximum atomic E-state index is 12.6. The molecule has 3 rings (SSSR count). The number of amides is 2. The summed E-state index contributed by atoms with van der Waals surface area (Å²) >= 11 is 0. The molecule has 0 unspecified atom stereocenters. The summed E-state index contributed by atoms with van der Waals surface area (Å²) in [6.45, 7) is 3.08. The molecule has 1 saturated heterocycles. The SMILES string of the molecule is COc1cccc(CC(=O)N2CCC(c3nc(C(=O)N(C)C)c(C)o3)CC2)c1. The van der Waals surface area contributed by atoms with Crippen molar-refractivity contribution in [1.82, 2.24) is 14.8 Å². The predicted octanol–water partition coefficient (Wildman–Crippen LogP) is 2.64. The quantitative estimate of drug-likeness (QED) is 0.791. The fourth-order valence-electron chi connectivity index (χ4n) is 3.45. The molecule has 2 amide bonds. The fraction of sp³-hybridized carbons (Fsp3) is 0.476. The van der Waals surface area contributed by atoms with Crippen molar-refractivity contribution >= 4 is 11.8 Å². The summed E-state index contributed by atoms with van der Waals surface area (Å²) < 4.78 is 11.0. The molecule has 0 bridgehead atoms. The van der Waals surface area contributed by atoms with Gasteiger partial charge in [-0.3, -0.25) is 9.59 Å². The smallest absolute Gasteiger partial charge is 0.275 e. The van der Waals surface area contributed by atoms with E-state index < -0.39 is 0 Å². The molecule has 2 aromatic rings. The molecule has 2 heterocycles. The number of ether oxygens (including phenoxy) is 1. The highest BCUT2D eigenvalue weighted by molar-refractivity contribution is 5.92. The molecule has 1 aliphatic rings. The first-order valence-electron chi connectivity index (χ1n) is 9.48. The molecular formula is C21H27N3O4. The highest BCUT2D eigenvalue weighted by Crippen LogP contribution is 2.29. The number of aryl methyl sites for hydroxylation is 1. The van der Waals surface area contributed by atoms with Crippen molar-refractivity contribution in [2.24, 2.45) is 0 Å². The standard InChI is InChI=1S/C21H27N3O4/c1-14-19(21(26)23(2)3)22-20(28-14)16-8-10-24(11-9-16)18(25)13-15-6-5-7-17(12-15)27-4/h5-7,12,16H,8-11,13H2,1-4H3. The normalized spacial score (nSPS) is 14.8. The molecule has 1 aromatic carbocycles. The molecule has 28 heavy (non-hydrogen) atoms. The van der Waals surface area contributed by atoms with E-state index in [-0.39, 0.29) is 17.7 Å². The van der Waals surface area contributed by atoms with Crippen LogP contribution < -0.4 is 4.74 Å². The van der Waals surface area contributed by atoms with Crippen LogP contribution in [0.15, 0.2) is 28.7 Å². The van der Waals surface area contributed by atoms with Gasteiger partial charge >= 0.3 is 0 Å². The number of hydrogen-bond acceptors (Lipinski definition) is 5. The van der Waals surface area contributed by atoms with Crippen LogP contribution in [0.2, 0.25) is 0 Å². The average Bonchev–Trinajstić information content (AvgIpc) is 3.09. The van der Waals surface area contributed by atoms with Crippen LogP contribution in [0.3, 0.4) is 0 Å². The number of nitrogens with zero attached hydrogens (tertiary/aromatic N) is 3. The molecule has 1 aromatic heterocycles. The lowest BCUT2D eigenvalue weighted by molar-refractivity contribution is -0.131. The summed E-state index contributed by atoms with van der Waals surface area (Å²) in [6, 6.07) is 7.59. The van der Waals surface area contributed by atoms with Gasteiger partial charge in [0.05, 0.1) is 13.5 Å². The van der Waals surface area contributed by atoms with Crippen LogP contribution in [0, 0.1) is 6.92 Å². The van der Waals surface area contributed by atoms with E-state index in [0.29, 0.717) is 36.9 Å². The second kappa shape index (κ2) is 8.46. The number of aromatic nitrogens is 1. The van der Waals surface area contributed by atoms with Gasteiger partial charge in [0.25, 0.3) is 5.91 Å². The maximum Gasteiger partial charge on any atom is 0.275 e. The zero-order chi connectivity index (χ0) is 20.3. The van der Waals surface area contributed by atoms with Crippen molar-refractivity contribution in [3.8, 4) is 5.75 Å². The largest absolute Gasteiger partial charge is 0.497 e. The molecule has 0 atom stereocenters. The van der Waals surface area contributed by atoms with E-state index in [4.69, 9.17) is 9.15 Å². The topological polar surface area (TPSA) is 75.9 Å². The molecule has 0 saturated carbocycles. The summed E-state index contributed by atoms with van der Waals surface area (Å²) in [5.41, 5.74) is 1.32. The van der Waals surface area contributed by atoms with Gasteiger partial charge in [-0.05, 0) is 37.5 Å². The molecular weight excluding hydrogens is 358 g/mol. The Kier molecular flexibility index (Phi) is 6.02. The Balaban J connectivity index is 1.59. The third-order valence-corrected chi connectivity index (χ3v) is 5.11. The first-order chi connectivity index (χ1) is 13.4. The maximum absolute atomic E-state index is 12.6. The Bertz CT molecular complexity index is 851. The monoisotopic (exact) mass is 385 g/mol. The number of benzene rings is 1. The molecule has 7 nitrogen and oxygen atoms in total. The van der Waals surface area contributed by atoms with Crippen LogP contribution >= 0.6 is 0 Å². The van der Waals surface area contributed by atoms with Crippen LogP contribution in [0.4, 0.5) is 0 Å². The summed E-state index contributed by atoms with van der Waals surface area (Å²) in [6.07, 6.45) is 1.92. The molecule has 1 aliphatic heterocycles. The van der Waals surface area contributed by atoms with Crippen LogP contribution in [0.25, 0.3) is 0 Å². The van der Waals surface area contributed by atoms with E-state index in [0.717, 1.165) is 24.2 Å². The van der Waals surface area contributed by atoms with Crippen LogP contribution in [0.1, 0.15) is 46.5 Å². The Morgan fingerprint density at radius 1 is 1.29 bits per heavy atom. The van der Waals surface area contributed by atoms with Crippen molar-refractivity contribution in [3.63, 3.8) is 0 Å². The number of methoxy groups -OCH3 is 1. The molecule has 0 radical (unpaired) electrons. The van der Waals surface area contributed by atoms with Gasteiger partial charge in [0, 0.05) is 33.1 Å². The van der Waals surface area contributed by atoms with Gasteiger partial charge in [-0.25, -0.2) is 4.98 Å². The molecule has 150 valence electrons. The lowest BCUT2D eigenvalue weighted by Gasteiger charge is -2.30. The van der Waals surface area contributed by atoms with Crippen LogP contribution in [-0.2, 0) is 11.2 Å². The number of carbonyl (C=O) groups is 2. The molecule has 0 spiro atoms. The average molecular weight is 385 g/mol. The van der Waals surface area contributed by atoms with Gasteiger partial charge in [-0.2, -0.15) is 0 Å². The summed E-state index contributed by atoms with van der Waals surface area (Å²) in [4.78, 5) is 32.6. The van der Waals surface area contributed by atoms with E-state index in [1.807, 2.05) is 29.2 Å². The molecule has 0 N–H and O–H groups in total. The molecule has 1 fully saturated rings. The van der Waals surface area contributed by atoms with E-state index in [9.17, 15) is 9.59 Å². The number of hydrogen-bond donors (Lipinski definition) is 0. The number of rotatable bonds is 5. The third kappa shape index (κ3) is 4.35. The van der Waals surface area contributed by atoms with Crippen LogP contribution in [0.5, 0.6) is 5.75 Å². The number of likely N-dealkylation sites (tertiary alicyclic amines) is 1. The highest BCUT2D eigenvalue weighted by atomic mass is 16.5. The van der Waals surface area contributed by atoms with E-state index in [1.165, 1.54) is 4.90 Å². The third-order valence-electron chi connectivity index (χ3n) is 5.11. The first kappa shape index (κ1) is 19.9. The highest BCUT2D eigenvalue weighted by Gasteiger charge is 2.29. The minimum Gasteiger partial charge on any atom is -0.497 e. The Morgan fingerprint density at radius 2 is 2.00 bits per heavy atom. The summed E-state index contributed by atoms with van der Waals surface area (Å²) in [5, 5.41) is 0. The Hall–Kier alpha value is -2.83. The first-order valence-corrected chi connectivity index (χ1v) is 9.48. The van der Waals surface area contributed by atoms with Crippen molar-refractivity contribution in [3.05, 3.63) is 47.2 Å². The van der Waals surface area contributed by atoms with E-state index in [2.05, 4.69) is 4.98 Å².